The van der Waals surface area contributed by atoms with E-state index >= 15 is 0 Å². The Labute approximate surface area is 146 Å². The maximum atomic E-state index is 6.00. The van der Waals surface area contributed by atoms with Crippen molar-refractivity contribution in [3.8, 4) is 11.4 Å². The molecule has 0 radical (unpaired) electrons. The average molecular weight is 338 g/mol. The van der Waals surface area contributed by atoms with Crippen LogP contribution in [0.4, 0.5) is 0 Å². The minimum atomic E-state index is 0.104. The Hall–Kier alpha value is -2.51. The van der Waals surface area contributed by atoms with Gasteiger partial charge in [-0.15, -0.1) is 0 Å². The lowest BCUT2D eigenvalue weighted by Crippen LogP contribution is -2.40. The van der Waals surface area contributed by atoms with Crippen molar-refractivity contribution in [1.82, 2.24) is 29.6 Å². The second kappa shape index (κ2) is 7.16. The van der Waals surface area contributed by atoms with Crippen LogP contribution in [0.15, 0.2) is 49.3 Å². The van der Waals surface area contributed by atoms with E-state index in [1.165, 1.54) is 11.9 Å². The van der Waals surface area contributed by atoms with E-state index in [2.05, 4.69) is 60.8 Å². The van der Waals surface area contributed by atoms with Gasteiger partial charge in [-0.05, 0) is 12.5 Å². The first-order valence-electron chi connectivity index (χ1n) is 8.56. The highest BCUT2D eigenvalue weighted by Gasteiger charge is 2.23. The Bertz CT molecular complexity index is 769. The summed E-state index contributed by atoms with van der Waals surface area (Å²) >= 11 is 0. The maximum Gasteiger partial charge on any atom is 0.155 e. The Morgan fingerprint density at radius 1 is 1.32 bits per heavy atom. The van der Waals surface area contributed by atoms with Crippen molar-refractivity contribution in [1.29, 1.82) is 0 Å². The number of hydrogen-bond acceptors (Lipinski definition) is 5. The molecule has 0 bridgehead atoms. The van der Waals surface area contributed by atoms with Gasteiger partial charge in [0.2, 0.25) is 0 Å². The van der Waals surface area contributed by atoms with E-state index in [4.69, 9.17) is 4.74 Å². The van der Waals surface area contributed by atoms with Gasteiger partial charge in [0.25, 0.3) is 0 Å². The fraction of sp³-hybridized carbons (Fsp3) is 0.389. The van der Waals surface area contributed by atoms with Crippen LogP contribution in [0, 0.1) is 0 Å². The van der Waals surface area contributed by atoms with Crippen LogP contribution in [0.3, 0.4) is 0 Å². The minimum Gasteiger partial charge on any atom is -0.371 e. The highest BCUT2D eigenvalue weighted by Crippen LogP contribution is 2.25. The van der Waals surface area contributed by atoms with Crippen molar-refractivity contribution in [3.05, 3.63) is 54.9 Å². The second-order valence-corrected chi connectivity index (χ2v) is 6.43. The molecular weight excluding hydrogens is 316 g/mol. The van der Waals surface area contributed by atoms with Crippen LogP contribution < -0.4 is 0 Å². The number of ether oxygens (including phenoxy) is 1. The van der Waals surface area contributed by atoms with Crippen LogP contribution in [0.5, 0.6) is 0 Å². The fourth-order valence-electron chi connectivity index (χ4n) is 3.27. The first kappa shape index (κ1) is 16.0. The number of nitrogens with one attached hydrogen (secondary N) is 1. The largest absolute Gasteiger partial charge is 0.371 e. The molecule has 7 heteroatoms. The van der Waals surface area contributed by atoms with Gasteiger partial charge in [0.1, 0.15) is 6.33 Å². The van der Waals surface area contributed by atoms with Gasteiger partial charge in [0.15, 0.2) is 5.82 Å². The molecule has 0 spiro atoms. The van der Waals surface area contributed by atoms with Gasteiger partial charge in [-0.1, -0.05) is 24.3 Å². The third kappa shape index (κ3) is 3.62. The van der Waals surface area contributed by atoms with Crippen molar-refractivity contribution < 1.29 is 4.74 Å². The molecule has 2 atom stereocenters. The molecule has 1 saturated heterocycles. The summed E-state index contributed by atoms with van der Waals surface area (Å²) in [5.74, 6) is 0.784. The maximum absolute atomic E-state index is 6.00. The van der Waals surface area contributed by atoms with Gasteiger partial charge in [0, 0.05) is 43.6 Å². The standard InChI is InChI=1S/C18H22N6O/c1-14(24-7-6-19-13-24)10-23-8-9-25-17(11-23)15-2-4-16(5-3-15)18-20-12-21-22-18/h2-7,12-14,17H,8-11H2,1H3,(H,20,21,22). The molecule has 4 rings (SSSR count). The summed E-state index contributed by atoms with van der Waals surface area (Å²) in [7, 11) is 0. The van der Waals surface area contributed by atoms with Crippen LogP contribution in [0.1, 0.15) is 24.6 Å². The van der Waals surface area contributed by atoms with Crippen LogP contribution in [-0.2, 0) is 4.74 Å². The second-order valence-electron chi connectivity index (χ2n) is 6.43. The molecule has 2 unspecified atom stereocenters. The van der Waals surface area contributed by atoms with Crippen LogP contribution in [0.2, 0.25) is 0 Å². The van der Waals surface area contributed by atoms with E-state index in [1.54, 1.807) is 0 Å². The Kier molecular flexibility index (Phi) is 4.58. The van der Waals surface area contributed by atoms with Gasteiger partial charge in [-0.25, -0.2) is 9.97 Å². The van der Waals surface area contributed by atoms with Gasteiger partial charge < -0.3 is 9.30 Å². The van der Waals surface area contributed by atoms with Crippen molar-refractivity contribution >= 4 is 0 Å². The van der Waals surface area contributed by atoms with E-state index in [-0.39, 0.29) is 6.10 Å². The van der Waals surface area contributed by atoms with Crippen molar-refractivity contribution in [2.24, 2.45) is 0 Å². The van der Waals surface area contributed by atoms with Crippen molar-refractivity contribution in [2.45, 2.75) is 19.1 Å². The summed E-state index contributed by atoms with van der Waals surface area (Å²) < 4.78 is 8.15. The summed E-state index contributed by atoms with van der Waals surface area (Å²) in [4.78, 5) is 10.8. The molecule has 2 aromatic heterocycles. The summed E-state index contributed by atoms with van der Waals surface area (Å²) in [5.41, 5.74) is 2.23. The minimum absolute atomic E-state index is 0.104. The number of nitrogens with zero attached hydrogens (tertiary/aromatic N) is 5. The molecule has 0 aliphatic carbocycles. The molecule has 1 aromatic carbocycles. The third-order valence-corrected chi connectivity index (χ3v) is 4.68. The molecule has 1 fully saturated rings. The van der Waals surface area contributed by atoms with E-state index in [9.17, 15) is 0 Å². The zero-order valence-electron chi connectivity index (χ0n) is 14.2. The van der Waals surface area contributed by atoms with Crippen molar-refractivity contribution in [2.75, 3.05) is 26.2 Å². The normalized spacial score (nSPS) is 19.8. The predicted molar refractivity (Wildman–Crippen MR) is 93.9 cm³/mol. The zero-order chi connectivity index (χ0) is 17.1. The summed E-state index contributed by atoms with van der Waals surface area (Å²) in [6.45, 7) is 5.84. The Balaban J connectivity index is 1.40. The zero-order valence-corrected chi connectivity index (χ0v) is 14.2. The molecule has 25 heavy (non-hydrogen) atoms. The molecule has 7 nitrogen and oxygen atoms in total. The highest BCUT2D eigenvalue weighted by atomic mass is 16.5. The average Bonchev–Trinajstić information content (AvgIpc) is 3.36. The molecular formula is C18H22N6O. The number of benzene rings is 1. The Morgan fingerprint density at radius 2 is 2.20 bits per heavy atom. The van der Waals surface area contributed by atoms with Crippen LogP contribution >= 0.6 is 0 Å². The Morgan fingerprint density at radius 3 is 2.92 bits per heavy atom. The quantitative estimate of drug-likeness (QED) is 0.773. The molecule has 1 aliphatic rings. The lowest BCUT2D eigenvalue weighted by atomic mass is 10.0. The number of aromatic amines is 1. The highest BCUT2D eigenvalue weighted by molar-refractivity contribution is 5.54. The molecule has 1 aliphatic heterocycles. The monoisotopic (exact) mass is 338 g/mol. The van der Waals surface area contributed by atoms with Crippen LogP contribution in [-0.4, -0.2) is 55.9 Å². The smallest absolute Gasteiger partial charge is 0.155 e. The summed E-state index contributed by atoms with van der Waals surface area (Å²) in [6, 6.07) is 8.75. The number of hydrogen-bond donors (Lipinski definition) is 1. The number of imidazole rings is 1. The van der Waals surface area contributed by atoms with E-state index in [0.29, 0.717) is 6.04 Å². The van der Waals surface area contributed by atoms with Crippen LogP contribution in [0.25, 0.3) is 11.4 Å². The van der Waals surface area contributed by atoms with E-state index in [0.717, 1.165) is 37.6 Å². The summed E-state index contributed by atoms with van der Waals surface area (Å²) in [6.07, 6.45) is 7.35. The first-order valence-corrected chi connectivity index (χ1v) is 8.56. The summed E-state index contributed by atoms with van der Waals surface area (Å²) in [5, 5.41) is 6.78. The van der Waals surface area contributed by atoms with Gasteiger partial charge >= 0.3 is 0 Å². The first-order chi connectivity index (χ1) is 12.3. The topological polar surface area (TPSA) is 71.9 Å². The molecule has 3 heterocycles. The van der Waals surface area contributed by atoms with Crippen molar-refractivity contribution in [3.63, 3.8) is 0 Å². The molecule has 1 N–H and O–H groups in total. The van der Waals surface area contributed by atoms with Gasteiger partial charge in [-0.2, -0.15) is 5.10 Å². The lowest BCUT2D eigenvalue weighted by Gasteiger charge is -2.34. The molecule has 130 valence electrons. The molecule has 3 aromatic rings. The van der Waals surface area contributed by atoms with E-state index < -0.39 is 0 Å². The SMILES string of the molecule is CC(CN1CCOC(c2ccc(-c3ncn[nH]3)cc2)C1)n1ccnc1. The predicted octanol–water partition coefficient (Wildman–Crippen LogP) is 2.30. The number of rotatable bonds is 5. The third-order valence-electron chi connectivity index (χ3n) is 4.68. The number of aromatic nitrogens is 5. The number of H-pyrrole nitrogens is 1. The molecule has 0 amide bonds. The van der Waals surface area contributed by atoms with E-state index in [1.807, 2.05) is 18.7 Å². The van der Waals surface area contributed by atoms with Gasteiger partial charge in [0.05, 0.1) is 19.0 Å². The van der Waals surface area contributed by atoms with Gasteiger partial charge in [-0.3, -0.25) is 10.00 Å². The number of morpholine rings is 1. The molecule has 0 saturated carbocycles. The lowest BCUT2D eigenvalue weighted by molar-refractivity contribution is -0.0332. The fourth-order valence-corrected chi connectivity index (χ4v) is 3.27.